The summed E-state index contributed by atoms with van der Waals surface area (Å²) in [7, 11) is -9.99. The van der Waals surface area contributed by atoms with Gasteiger partial charge in [0.2, 0.25) is 0 Å². The maximum absolute atomic E-state index is 13.1. The Hall–Kier alpha value is -5.32. The van der Waals surface area contributed by atoms with Crippen molar-refractivity contribution < 1.29 is 80.2 Å². The highest BCUT2D eigenvalue weighted by Crippen LogP contribution is 2.45. The molecule has 568 valence electrons. The molecule has 17 nitrogen and oxygen atoms in total. The van der Waals surface area contributed by atoms with Crippen molar-refractivity contribution in [1.82, 2.24) is 0 Å². The molecule has 0 saturated heterocycles. The molecule has 0 spiro atoms. The summed E-state index contributed by atoms with van der Waals surface area (Å²) in [5.41, 5.74) is 0. The van der Waals surface area contributed by atoms with E-state index in [0.717, 1.165) is 193 Å². The van der Waals surface area contributed by atoms with Gasteiger partial charge in [-0.2, -0.15) is 0 Å². The van der Waals surface area contributed by atoms with E-state index in [-0.39, 0.29) is 25.7 Å². The van der Waals surface area contributed by atoms with Crippen molar-refractivity contribution >= 4 is 39.5 Å². The maximum Gasteiger partial charge on any atom is 0.472 e. The number of phosphoric ester groups is 2. The van der Waals surface area contributed by atoms with Crippen molar-refractivity contribution in [3.8, 4) is 0 Å². The quantitative estimate of drug-likeness (QED) is 0.0169. The van der Waals surface area contributed by atoms with Gasteiger partial charge in [0.15, 0.2) is 12.2 Å². The summed E-state index contributed by atoms with van der Waals surface area (Å²) >= 11 is 0. The van der Waals surface area contributed by atoms with E-state index in [9.17, 15) is 43.2 Å². The molecule has 0 aliphatic rings. The molecule has 3 N–H and O–H groups in total. The zero-order valence-corrected chi connectivity index (χ0v) is 63.6. The Labute approximate surface area is 604 Å². The number of ether oxygens (including phenoxy) is 4. The van der Waals surface area contributed by atoms with Crippen LogP contribution in [0.2, 0.25) is 0 Å². The molecule has 0 amide bonds. The van der Waals surface area contributed by atoms with E-state index in [0.29, 0.717) is 25.7 Å². The summed E-state index contributed by atoms with van der Waals surface area (Å²) in [5, 5.41) is 10.6. The van der Waals surface area contributed by atoms with Crippen molar-refractivity contribution in [2.75, 3.05) is 39.6 Å². The molecule has 0 aromatic carbocycles. The molecule has 0 radical (unpaired) electrons. The number of rotatable bonds is 69. The van der Waals surface area contributed by atoms with Gasteiger partial charge in [-0.1, -0.05) is 243 Å². The molecule has 0 rings (SSSR count). The van der Waals surface area contributed by atoms with Gasteiger partial charge in [0.05, 0.1) is 26.4 Å². The average Bonchev–Trinajstić information content (AvgIpc) is 0.965. The Morgan fingerprint density at radius 3 is 0.820 bits per heavy atom. The minimum absolute atomic E-state index is 0.0603. The highest BCUT2D eigenvalue weighted by atomic mass is 31.2. The van der Waals surface area contributed by atoms with Gasteiger partial charge >= 0.3 is 39.5 Å². The smallest absolute Gasteiger partial charge is 0.462 e. The molecule has 0 aromatic rings. The molecule has 19 heteroatoms. The third-order valence-corrected chi connectivity index (χ3v) is 16.9. The summed E-state index contributed by atoms with van der Waals surface area (Å²) in [6, 6.07) is 0. The van der Waals surface area contributed by atoms with E-state index < -0.39 is 97.5 Å². The number of carbonyl (C=O) groups is 4. The lowest BCUT2D eigenvalue weighted by atomic mass is 10.1. The number of hydrogen-bond donors (Lipinski definition) is 3. The molecule has 100 heavy (non-hydrogen) atoms. The molecular formula is C81H132O17P2. The minimum Gasteiger partial charge on any atom is -0.462 e. The lowest BCUT2D eigenvalue weighted by molar-refractivity contribution is -0.161. The van der Waals surface area contributed by atoms with Crippen molar-refractivity contribution in [1.29, 1.82) is 0 Å². The predicted octanol–water partition coefficient (Wildman–Crippen LogP) is 21.7. The van der Waals surface area contributed by atoms with E-state index >= 15 is 0 Å². The molecule has 0 fully saturated rings. The number of esters is 4. The molecule has 5 atom stereocenters. The second-order valence-corrected chi connectivity index (χ2v) is 27.3. The lowest BCUT2D eigenvalue weighted by Crippen LogP contribution is -2.30. The predicted molar refractivity (Wildman–Crippen MR) is 408 cm³/mol. The van der Waals surface area contributed by atoms with Crippen LogP contribution < -0.4 is 0 Å². The fourth-order valence-electron chi connectivity index (χ4n) is 9.31. The molecule has 0 saturated carbocycles. The number of phosphoric acid groups is 2. The third-order valence-electron chi connectivity index (χ3n) is 14.9. The molecule has 0 heterocycles. The lowest BCUT2D eigenvalue weighted by Gasteiger charge is -2.21. The first-order valence-electron chi connectivity index (χ1n) is 37.7. The van der Waals surface area contributed by atoms with Crippen LogP contribution in [0.3, 0.4) is 0 Å². The first-order chi connectivity index (χ1) is 48.7. The van der Waals surface area contributed by atoms with Gasteiger partial charge in [-0.25, -0.2) is 9.13 Å². The first kappa shape index (κ1) is 94.7. The van der Waals surface area contributed by atoms with Gasteiger partial charge in [0.25, 0.3) is 0 Å². The van der Waals surface area contributed by atoms with Gasteiger partial charge in [0, 0.05) is 25.7 Å². The van der Waals surface area contributed by atoms with Crippen LogP contribution >= 0.6 is 15.6 Å². The Bertz CT molecular complexity index is 2520. The highest BCUT2D eigenvalue weighted by molar-refractivity contribution is 7.47. The van der Waals surface area contributed by atoms with Crippen LogP contribution in [0.15, 0.2) is 158 Å². The van der Waals surface area contributed by atoms with Crippen LogP contribution in [0.25, 0.3) is 0 Å². The SMILES string of the molecule is CC/C=C\C/C=C\C/C=C\C/C=C\CCCCCCC(=O)OCC(COP(=O)(O)OCC(O)COP(=O)(O)OCC(COC(=O)CCCC/C=C\C/C=C\C/C=C\C/C=C\CC)OC(=O)CCCCCCC/C=C\C/C=C\C/C=C\CC)OC(=O)CCCCCCC/C=C\C/C=C\CCC. The zero-order chi connectivity index (χ0) is 73.2. The largest absolute Gasteiger partial charge is 0.472 e. The van der Waals surface area contributed by atoms with Crippen molar-refractivity contribution in [2.45, 2.75) is 290 Å². The van der Waals surface area contributed by atoms with Gasteiger partial charge in [0.1, 0.15) is 19.3 Å². The van der Waals surface area contributed by atoms with Gasteiger partial charge in [-0.05, 0) is 161 Å². The van der Waals surface area contributed by atoms with Crippen LogP contribution in [-0.4, -0.2) is 96.7 Å². The first-order valence-corrected chi connectivity index (χ1v) is 40.7. The standard InChI is InChI=1S/C81H132O17P2/c1-5-9-13-17-21-25-29-33-36-37-40-43-46-50-54-58-62-66-79(84)92-71-76(97-80(85)67-63-59-55-51-47-41-32-28-24-20-16-12-8-4)73-95-99(87,88)93-69-75(82)70-94-100(89,90)96-74-77(98-81(86)68-64-60-56-52-48-44-39-35-31-27-23-19-15-11-7-3)72-91-78(83)65-61-57-53-49-45-42-38-34-30-26-22-18-14-10-6-2/h9-11,13-16,20-23,25-28,32-36,38-40,43,45,49,75-77,82H,5-8,12,17-19,24,29-31,37,41-42,44,46-48,50-74H2,1-4H3,(H,87,88)(H,89,90)/b13-9-,14-10-,15-11-,20-16-,25-21-,26-22-,27-23-,32-28-,36-33-,38-34-,39-35-,43-40-,49-45-. The number of aliphatic hydroxyl groups is 1. The van der Waals surface area contributed by atoms with E-state index in [1.807, 2.05) is 0 Å². The summed E-state index contributed by atoms with van der Waals surface area (Å²) in [4.78, 5) is 72.8. The van der Waals surface area contributed by atoms with Gasteiger partial charge < -0.3 is 33.8 Å². The molecule has 0 aliphatic heterocycles. The number of carbonyl (C=O) groups excluding carboxylic acids is 4. The summed E-state index contributed by atoms with van der Waals surface area (Å²) < 4.78 is 68.4. The fraction of sp³-hybridized carbons (Fsp3) is 0.630. The molecule has 0 aliphatic carbocycles. The summed E-state index contributed by atoms with van der Waals surface area (Å²) in [6.07, 6.45) is 82.4. The summed E-state index contributed by atoms with van der Waals surface area (Å²) in [6.45, 7) is 4.33. The van der Waals surface area contributed by atoms with Crippen molar-refractivity contribution in [3.05, 3.63) is 158 Å². The molecule has 5 unspecified atom stereocenters. The van der Waals surface area contributed by atoms with Crippen LogP contribution in [0, 0.1) is 0 Å². The van der Waals surface area contributed by atoms with E-state index in [1.165, 1.54) is 0 Å². The zero-order valence-electron chi connectivity index (χ0n) is 61.8. The molecule has 0 aromatic heterocycles. The van der Waals surface area contributed by atoms with E-state index in [4.69, 9.17) is 37.0 Å². The molecular weight excluding hydrogens is 1310 g/mol. The second kappa shape index (κ2) is 72.0. The highest BCUT2D eigenvalue weighted by Gasteiger charge is 2.30. The van der Waals surface area contributed by atoms with Crippen LogP contribution in [0.1, 0.15) is 272 Å². The Kier molecular flexibility index (Phi) is 68.2. The Balaban J connectivity index is 5.44. The van der Waals surface area contributed by atoms with Gasteiger partial charge in [-0.15, -0.1) is 0 Å². The van der Waals surface area contributed by atoms with Crippen LogP contribution in [0.4, 0.5) is 0 Å². The third kappa shape index (κ3) is 71.1. The maximum atomic E-state index is 13.1. The van der Waals surface area contributed by atoms with Crippen molar-refractivity contribution in [3.63, 3.8) is 0 Å². The fourth-order valence-corrected chi connectivity index (χ4v) is 10.9. The topological polar surface area (TPSA) is 237 Å². The van der Waals surface area contributed by atoms with Gasteiger partial charge in [-0.3, -0.25) is 37.3 Å². The number of aliphatic hydroxyl groups excluding tert-OH is 1. The second-order valence-electron chi connectivity index (χ2n) is 24.4. The number of unbranched alkanes of at least 4 members (excludes halogenated alkanes) is 17. The normalized spacial score (nSPS) is 14.8. The monoisotopic (exact) mass is 1440 g/mol. The van der Waals surface area contributed by atoms with Crippen LogP contribution in [0.5, 0.6) is 0 Å². The van der Waals surface area contributed by atoms with Crippen molar-refractivity contribution in [2.24, 2.45) is 0 Å². The number of hydrogen-bond acceptors (Lipinski definition) is 15. The Morgan fingerprint density at radius 2 is 0.520 bits per heavy atom. The van der Waals surface area contributed by atoms with E-state index in [1.54, 1.807) is 0 Å². The average molecular weight is 1440 g/mol. The molecule has 0 bridgehead atoms. The Morgan fingerprint density at radius 1 is 0.290 bits per heavy atom. The van der Waals surface area contributed by atoms with E-state index in [2.05, 4.69) is 186 Å². The van der Waals surface area contributed by atoms with Crippen LogP contribution in [-0.2, 0) is 65.4 Å². The summed E-state index contributed by atoms with van der Waals surface area (Å²) in [5.74, 6) is -2.30. The number of allylic oxidation sites excluding steroid dienone is 26. The minimum atomic E-state index is -5.00.